The van der Waals surface area contributed by atoms with Gasteiger partial charge in [-0.3, -0.25) is 4.79 Å². The third-order valence-corrected chi connectivity index (χ3v) is 6.26. The third kappa shape index (κ3) is 5.06. The predicted molar refractivity (Wildman–Crippen MR) is 126 cm³/mol. The number of aryl methyl sites for hydroxylation is 1. The minimum absolute atomic E-state index is 0.0696. The van der Waals surface area contributed by atoms with E-state index in [1.807, 2.05) is 42.6 Å². The molecule has 4 rings (SSSR count). The van der Waals surface area contributed by atoms with Gasteiger partial charge in [0.05, 0.1) is 19.9 Å². The molecular weight excluding hydrogens is 442 g/mol. The number of hydrogen-bond acceptors (Lipinski definition) is 8. The molecule has 0 N–H and O–H groups in total. The molecule has 0 aliphatic heterocycles. The molecule has 2 heterocycles. The largest absolute Gasteiger partial charge is 0.497 e. The van der Waals surface area contributed by atoms with Crippen molar-refractivity contribution in [3.63, 3.8) is 0 Å². The van der Waals surface area contributed by atoms with Gasteiger partial charge in [0.25, 0.3) is 0 Å². The number of carbonyl (C=O) groups excluding carboxylic acids is 1. The average molecular weight is 466 g/mol. The van der Waals surface area contributed by atoms with E-state index in [0.29, 0.717) is 22.6 Å². The highest BCUT2D eigenvalue weighted by Gasteiger charge is 2.15. The van der Waals surface area contributed by atoms with Gasteiger partial charge in [-0.2, -0.15) is 0 Å². The van der Waals surface area contributed by atoms with E-state index < -0.39 is 11.6 Å². The van der Waals surface area contributed by atoms with Crippen molar-refractivity contribution in [2.45, 2.75) is 26.4 Å². The topological polar surface area (TPSA) is 87.9 Å². The molecule has 0 saturated carbocycles. The maximum atomic E-state index is 12.5. The summed E-state index contributed by atoms with van der Waals surface area (Å²) < 4.78 is 21.2. The smallest absolute Gasteiger partial charge is 0.339 e. The zero-order valence-electron chi connectivity index (χ0n) is 18.5. The SMILES string of the molecule is COc1cccc(-c2nc(COC(=O)CCc3c(C)c4ccc(OC)cc4oc3=O)cs2)c1. The van der Waals surface area contributed by atoms with E-state index in [1.54, 1.807) is 26.4 Å². The van der Waals surface area contributed by atoms with Crippen molar-refractivity contribution in [1.29, 1.82) is 0 Å². The summed E-state index contributed by atoms with van der Waals surface area (Å²) in [5, 5.41) is 3.49. The molecular formula is C25H23NO6S. The van der Waals surface area contributed by atoms with Gasteiger partial charge in [-0.15, -0.1) is 11.3 Å². The lowest BCUT2D eigenvalue weighted by Gasteiger charge is -2.09. The van der Waals surface area contributed by atoms with Crippen LogP contribution in [0.3, 0.4) is 0 Å². The van der Waals surface area contributed by atoms with E-state index >= 15 is 0 Å². The summed E-state index contributed by atoms with van der Waals surface area (Å²) in [5.41, 5.74) is 2.87. The quantitative estimate of drug-likeness (QED) is 0.270. The molecule has 0 unspecified atom stereocenters. The summed E-state index contributed by atoms with van der Waals surface area (Å²) in [6.07, 6.45) is 0.307. The number of fused-ring (bicyclic) bond motifs is 1. The first kappa shape index (κ1) is 22.5. The van der Waals surface area contributed by atoms with Crippen LogP contribution in [0.4, 0.5) is 0 Å². The van der Waals surface area contributed by atoms with Crippen LogP contribution in [0.2, 0.25) is 0 Å². The Balaban J connectivity index is 1.38. The Morgan fingerprint density at radius 2 is 1.88 bits per heavy atom. The summed E-state index contributed by atoms with van der Waals surface area (Å²) in [6.45, 7) is 1.92. The minimum atomic E-state index is -0.455. The maximum absolute atomic E-state index is 12.5. The van der Waals surface area contributed by atoms with Gasteiger partial charge in [0.1, 0.15) is 28.7 Å². The molecule has 0 spiro atoms. The molecule has 0 radical (unpaired) electrons. The molecule has 8 heteroatoms. The van der Waals surface area contributed by atoms with Gasteiger partial charge >= 0.3 is 11.6 Å². The van der Waals surface area contributed by atoms with E-state index in [0.717, 1.165) is 27.3 Å². The molecule has 2 aromatic carbocycles. The lowest BCUT2D eigenvalue weighted by atomic mass is 10.0. The van der Waals surface area contributed by atoms with Crippen LogP contribution in [0, 0.1) is 6.92 Å². The normalized spacial score (nSPS) is 10.9. The van der Waals surface area contributed by atoms with E-state index in [-0.39, 0.29) is 19.4 Å². The van der Waals surface area contributed by atoms with Crippen LogP contribution < -0.4 is 15.1 Å². The van der Waals surface area contributed by atoms with E-state index in [1.165, 1.54) is 11.3 Å². The first-order valence-corrected chi connectivity index (χ1v) is 11.2. The van der Waals surface area contributed by atoms with Crippen molar-refractivity contribution in [1.82, 2.24) is 4.98 Å². The van der Waals surface area contributed by atoms with Crippen molar-refractivity contribution in [3.05, 3.63) is 75.1 Å². The van der Waals surface area contributed by atoms with Crippen LogP contribution >= 0.6 is 11.3 Å². The highest BCUT2D eigenvalue weighted by molar-refractivity contribution is 7.13. The Labute approximate surface area is 194 Å². The summed E-state index contributed by atoms with van der Waals surface area (Å²) in [6, 6.07) is 12.9. The molecule has 4 aromatic rings. The molecule has 170 valence electrons. The fraction of sp³-hybridized carbons (Fsp3) is 0.240. The fourth-order valence-corrected chi connectivity index (χ4v) is 4.31. The lowest BCUT2D eigenvalue weighted by Crippen LogP contribution is -2.14. The molecule has 0 bridgehead atoms. The Kier molecular flexibility index (Phi) is 6.74. The van der Waals surface area contributed by atoms with Crippen molar-refractivity contribution in [2.75, 3.05) is 14.2 Å². The molecule has 0 aliphatic carbocycles. The zero-order chi connectivity index (χ0) is 23.4. The Hall–Kier alpha value is -3.65. The van der Waals surface area contributed by atoms with Crippen LogP contribution in [0.1, 0.15) is 23.2 Å². The van der Waals surface area contributed by atoms with Crippen molar-refractivity contribution in [2.24, 2.45) is 0 Å². The van der Waals surface area contributed by atoms with Crippen molar-refractivity contribution in [3.8, 4) is 22.1 Å². The van der Waals surface area contributed by atoms with Gasteiger partial charge in [-0.25, -0.2) is 9.78 Å². The summed E-state index contributed by atoms with van der Waals surface area (Å²) in [5.74, 6) is 0.959. The number of hydrogen-bond donors (Lipinski definition) is 0. The van der Waals surface area contributed by atoms with Crippen LogP contribution in [0.25, 0.3) is 21.5 Å². The molecule has 7 nitrogen and oxygen atoms in total. The maximum Gasteiger partial charge on any atom is 0.339 e. The van der Waals surface area contributed by atoms with Crippen LogP contribution in [0.15, 0.2) is 57.1 Å². The highest BCUT2D eigenvalue weighted by atomic mass is 32.1. The number of nitrogens with zero attached hydrogens (tertiary/aromatic N) is 1. The number of aromatic nitrogens is 1. The molecule has 0 amide bonds. The molecule has 33 heavy (non-hydrogen) atoms. The van der Waals surface area contributed by atoms with Crippen LogP contribution in [0.5, 0.6) is 11.5 Å². The van der Waals surface area contributed by atoms with Crippen molar-refractivity contribution < 1.29 is 23.4 Å². The summed E-state index contributed by atoms with van der Waals surface area (Å²) in [7, 11) is 3.17. The Bertz CT molecular complexity index is 1360. The van der Waals surface area contributed by atoms with E-state index in [9.17, 15) is 9.59 Å². The second-order valence-corrected chi connectivity index (χ2v) is 8.25. The molecule has 2 aromatic heterocycles. The first-order chi connectivity index (χ1) is 16.0. The lowest BCUT2D eigenvalue weighted by molar-refractivity contribution is -0.145. The fourth-order valence-electron chi connectivity index (χ4n) is 3.51. The van der Waals surface area contributed by atoms with E-state index in [4.69, 9.17) is 18.6 Å². The van der Waals surface area contributed by atoms with Gasteiger partial charge in [-0.05, 0) is 43.2 Å². The van der Waals surface area contributed by atoms with Gasteiger partial charge in [0.2, 0.25) is 0 Å². The Morgan fingerprint density at radius 3 is 2.67 bits per heavy atom. The van der Waals surface area contributed by atoms with Crippen molar-refractivity contribution >= 4 is 28.3 Å². The number of methoxy groups -OCH3 is 2. The zero-order valence-corrected chi connectivity index (χ0v) is 19.4. The number of ether oxygens (including phenoxy) is 3. The number of esters is 1. The van der Waals surface area contributed by atoms with Crippen LogP contribution in [-0.2, 0) is 22.6 Å². The summed E-state index contributed by atoms with van der Waals surface area (Å²) >= 11 is 1.47. The number of carbonyl (C=O) groups is 1. The van der Waals surface area contributed by atoms with E-state index in [2.05, 4.69) is 4.98 Å². The monoisotopic (exact) mass is 465 g/mol. The minimum Gasteiger partial charge on any atom is -0.497 e. The van der Waals surface area contributed by atoms with Gasteiger partial charge in [0, 0.05) is 34.4 Å². The number of thiazole rings is 1. The summed E-state index contributed by atoms with van der Waals surface area (Å²) in [4.78, 5) is 29.3. The third-order valence-electron chi connectivity index (χ3n) is 5.32. The van der Waals surface area contributed by atoms with Gasteiger partial charge in [0.15, 0.2) is 0 Å². The first-order valence-electron chi connectivity index (χ1n) is 10.3. The van der Waals surface area contributed by atoms with Gasteiger partial charge in [-0.1, -0.05) is 12.1 Å². The Morgan fingerprint density at radius 1 is 1.09 bits per heavy atom. The predicted octanol–water partition coefficient (Wildman–Crippen LogP) is 4.92. The highest BCUT2D eigenvalue weighted by Crippen LogP contribution is 2.27. The molecule has 0 aliphatic rings. The second kappa shape index (κ2) is 9.87. The second-order valence-electron chi connectivity index (χ2n) is 7.39. The molecule has 0 atom stereocenters. The number of benzene rings is 2. The standard InChI is InChI=1S/C25H23NO6S/c1-15-20-8-7-19(30-3)12-22(20)32-25(28)21(15)9-10-23(27)31-13-17-14-33-24(26-17)16-5-4-6-18(11-16)29-2/h4-8,11-12,14H,9-10,13H2,1-3H3. The molecule has 0 fully saturated rings. The average Bonchev–Trinajstić information content (AvgIpc) is 3.31. The number of rotatable bonds is 8. The molecule has 0 saturated heterocycles. The van der Waals surface area contributed by atoms with Gasteiger partial charge < -0.3 is 18.6 Å². The van der Waals surface area contributed by atoms with Crippen LogP contribution in [-0.4, -0.2) is 25.2 Å².